The van der Waals surface area contributed by atoms with Gasteiger partial charge in [-0.3, -0.25) is 0 Å². The van der Waals surface area contributed by atoms with Crippen LogP contribution >= 0.6 is 0 Å². The van der Waals surface area contributed by atoms with Crippen LogP contribution in [0.3, 0.4) is 0 Å². The van der Waals surface area contributed by atoms with Crippen LogP contribution in [-0.4, -0.2) is 5.11 Å². The van der Waals surface area contributed by atoms with Gasteiger partial charge in [-0.1, -0.05) is 43.0 Å². The molecule has 1 N–H and O–H groups in total. The van der Waals surface area contributed by atoms with Gasteiger partial charge in [0.25, 0.3) is 0 Å². The lowest BCUT2D eigenvalue weighted by Gasteiger charge is -2.07. The second-order valence-electron chi connectivity index (χ2n) is 3.70. The van der Waals surface area contributed by atoms with Crippen molar-refractivity contribution in [3.8, 4) is 11.5 Å². The number of benzene rings is 2. The maximum Gasteiger partial charge on any atom is 0.123 e. The molecule has 0 fully saturated rings. The molecule has 0 atom stereocenters. The Balaban J connectivity index is 2.07. The van der Waals surface area contributed by atoms with Crippen molar-refractivity contribution in [2.75, 3.05) is 0 Å². The summed E-state index contributed by atoms with van der Waals surface area (Å²) in [6.07, 6.45) is 1.60. The Morgan fingerprint density at radius 1 is 1.12 bits per heavy atom. The van der Waals surface area contributed by atoms with E-state index in [4.69, 9.17) is 4.74 Å². The van der Waals surface area contributed by atoms with E-state index < -0.39 is 0 Å². The van der Waals surface area contributed by atoms with E-state index in [1.165, 1.54) is 0 Å². The minimum Gasteiger partial charge on any atom is -0.507 e. The third-order valence-corrected chi connectivity index (χ3v) is 2.47. The third-order valence-electron chi connectivity index (χ3n) is 2.47. The highest BCUT2D eigenvalue weighted by molar-refractivity contribution is 5.57. The minimum atomic E-state index is 0.215. The van der Waals surface area contributed by atoms with Crippen molar-refractivity contribution >= 4 is 6.08 Å². The van der Waals surface area contributed by atoms with Gasteiger partial charge in [-0.25, -0.2) is 0 Å². The normalized spacial score (nSPS) is 9.88. The van der Waals surface area contributed by atoms with Crippen molar-refractivity contribution in [2.45, 2.75) is 6.61 Å². The molecule has 0 radical (unpaired) electrons. The fraction of sp³-hybridized carbons (Fsp3) is 0.0667. The van der Waals surface area contributed by atoms with Crippen molar-refractivity contribution < 1.29 is 9.84 Å². The van der Waals surface area contributed by atoms with Gasteiger partial charge in [0.15, 0.2) is 0 Å². The highest BCUT2D eigenvalue weighted by atomic mass is 16.5. The van der Waals surface area contributed by atoms with Gasteiger partial charge >= 0.3 is 0 Å². The molecule has 0 aliphatic carbocycles. The summed E-state index contributed by atoms with van der Waals surface area (Å²) in [6, 6.07) is 15.1. The van der Waals surface area contributed by atoms with Gasteiger partial charge in [-0.05, 0) is 23.8 Å². The van der Waals surface area contributed by atoms with Gasteiger partial charge in [0.1, 0.15) is 18.1 Å². The molecule has 0 amide bonds. The molecule has 0 aromatic heterocycles. The Morgan fingerprint density at radius 3 is 2.59 bits per heavy atom. The molecule has 2 rings (SSSR count). The Bertz CT molecular complexity index is 504. The maximum absolute atomic E-state index is 9.49. The molecule has 0 saturated carbocycles. The Hall–Kier alpha value is -2.22. The average molecular weight is 226 g/mol. The Morgan fingerprint density at radius 2 is 1.88 bits per heavy atom. The van der Waals surface area contributed by atoms with Crippen LogP contribution in [0, 0.1) is 0 Å². The van der Waals surface area contributed by atoms with E-state index in [2.05, 4.69) is 6.58 Å². The summed E-state index contributed by atoms with van der Waals surface area (Å²) in [5.41, 5.74) is 1.79. The number of phenols is 1. The standard InChI is InChI=1S/C15H14O2/c1-2-13-10-14(8-9-15(13)16)17-11-12-6-4-3-5-7-12/h2-10,16H,1,11H2. The van der Waals surface area contributed by atoms with Crippen LogP contribution in [0.5, 0.6) is 11.5 Å². The molecule has 2 aromatic rings. The van der Waals surface area contributed by atoms with Crippen LogP contribution < -0.4 is 4.74 Å². The van der Waals surface area contributed by atoms with E-state index in [0.29, 0.717) is 12.2 Å². The van der Waals surface area contributed by atoms with E-state index in [9.17, 15) is 5.11 Å². The summed E-state index contributed by atoms with van der Waals surface area (Å²) in [6.45, 7) is 4.15. The lowest BCUT2D eigenvalue weighted by Crippen LogP contribution is -1.95. The summed E-state index contributed by atoms with van der Waals surface area (Å²) < 4.78 is 5.63. The predicted molar refractivity (Wildman–Crippen MR) is 69.0 cm³/mol. The zero-order valence-corrected chi connectivity index (χ0v) is 9.47. The van der Waals surface area contributed by atoms with Crippen LogP contribution in [0.25, 0.3) is 6.08 Å². The molecule has 0 aliphatic heterocycles. The van der Waals surface area contributed by atoms with Crippen molar-refractivity contribution in [2.24, 2.45) is 0 Å². The smallest absolute Gasteiger partial charge is 0.123 e. The molecule has 2 nitrogen and oxygen atoms in total. The highest BCUT2D eigenvalue weighted by Crippen LogP contribution is 2.24. The van der Waals surface area contributed by atoms with Gasteiger partial charge in [-0.2, -0.15) is 0 Å². The molecule has 86 valence electrons. The molecule has 0 aliphatic rings. The van der Waals surface area contributed by atoms with E-state index in [-0.39, 0.29) is 5.75 Å². The number of phenolic OH excluding ortho intramolecular Hbond substituents is 1. The summed E-state index contributed by atoms with van der Waals surface area (Å²) in [7, 11) is 0. The lowest BCUT2D eigenvalue weighted by atomic mass is 10.2. The fourth-order valence-corrected chi connectivity index (χ4v) is 1.53. The van der Waals surface area contributed by atoms with E-state index in [0.717, 1.165) is 11.3 Å². The van der Waals surface area contributed by atoms with E-state index in [1.807, 2.05) is 30.3 Å². The van der Waals surface area contributed by atoms with Crippen molar-refractivity contribution in [3.63, 3.8) is 0 Å². The zero-order valence-electron chi connectivity index (χ0n) is 9.47. The van der Waals surface area contributed by atoms with Crippen LogP contribution in [0.4, 0.5) is 0 Å². The zero-order chi connectivity index (χ0) is 12.1. The van der Waals surface area contributed by atoms with Gasteiger partial charge < -0.3 is 9.84 Å². The van der Waals surface area contributed by atoms with Crippen LogP contribution in [0.1, 0.15) is 11.1 Å². The summed E-state index contributed by atoms with van der Waals surface area (Å²) in [5, 5.41) is 9.49. The number of ether oxygens (including phenoxy) is 1. The first-order chi connectivity index (χ1) is 8.29. The van der Waals surface area contributed by atoms with Gasteiger partial charge in [0.05, 0.1) is 0 Å². The molecular formula is C15H14O2. The molecule has 0 spiro atoms. The Kier molecular flexibility index (Phi) is 3.46. The molecule has 0 bridgehead atoms. The van der Waals surface area contributed by atoms with Gasteiger partial charge in [0, 0.05) is 5.56 Å². The van der Waals surface area contributed by atoms with Crippen molar-refractivity contribution in [1.29, 1.82) is 0 Å². The van der Waals surface area contributed by atoms with Crippen molar-refractivity contribution in [3.05, 3.63) is 66.2 Å². The molecule has 17 heavy (non-hydrogen) atoms. The predicted octanol–water partition coefficient (Wildman–Crippen LogP) is 3.61. The van der Waals surface area contributed by atoms with E-state index >= 15 is 0 Å². The van der Waals surface area contributed by atoms with Crippen LogP contribution in [0.15, 0.2) is 55.1 Å². The molecule has 0 unspecified atom stereocenters. The topological polar surface area (TPSA) is 29.5 Å². The molecule has 0 saturated heterocycles. The maximum atomic E-state index is 9.49. The average Bonchev–Trinajstić information content (AvgIpc) is 2.39. The highest BCUT2D eigenvalue weighted by Gasteiger charge is 2.00. The van der Waals surface area contributed by atoms with Crippen molar-refractivity contribution in [1.82, 2.24) is 0 Å². The largest absolute Gasteiger partial charge is 0.507 e. The SMILES string of the molecule is C=Cc1cc(OCc2ccccc2)ccc1O. The second-order valence-corrected chi connectivity index (χ2v) is 3.70. The molecule has 2 heteroatoms. The lowest BCUT2D eigenvalue weighted by molar-refractivity contribution is 0.305. The Labute approximate surface area is 101 Å². The summed E-state index contributed by atoms with van der Waals surface area (Å²) in [5.74, 6) is 0.939. The molecule has 2 aromatic carbocycles. The fourth-order valence-electron chi connectivity index (χ4n) is 1.53. The monoisotopic (exact) mass is 226 g/mol. The number of aromatic hydroxyl groups is 1. The summed E-state index contributed by atoms with van der Waals surface area (Å²) >= 11 is 0. The molecule has 0 heterocycles. The molecular weight excluding hydrogens is 212 g/mol. The minimum absolute atomic E-state index is 0.215. The second kappa shape index (κ2) is 5.21. The van der Waals surface area contributed by atoms with Gasteiger partial charge in [0.2, 0.25) is 0 Å². The quantitative estimate of drug-likeness (QED) is 0.862. The van der Waals surface area contributed by atoms with Crippen LogP contribution in [-0.2, 0) is 6.61 Å². The van der Waals surface area contributed by atoms with Gasteiger partial charge in [-0.15, -0.1) is 0 Å². The van der Waals surface area contributed by atoms with Crippen LogP contribution in [0.2, 0.25) is 0 Å². The number of hydrogen-bond acceptors (Lipinski definition) is 2. The first-order valence-electron chi connectivity index (χ1n) is 5.42. The first kappa shape index (κ1) is 11.3. The number of hydrogen-bond donors (Lipinski definition) is 1. The first-order valence-corrected chi connectivity index (χ1v) is 5.42. The third kappa shape index (κ3) is 2.88. The number of rotatable bonds is 4. The van der Waals surface area contributed by atoms with E-state index in [1.54, 1.807) is 24.3 Å². The summed E-state index contributed by atoms with van der Waals surface area (Å²) in [4.78, 5) is 0.